The Morgan fingerprint density at radius 1 is 1.14 bits per heavy atom. The number of hydrogen-bond donors (Lipinski definition) is 2. The molecular formula is C21H26N2O6. The highest BCUT2D eigenvalue weighted by Gasteiger charge is 2.25. The van der Waals surface area contributed by atoms with Gasteiger partial charge >= 0.3 is 11.6 Å². The Morgan fingerprint density at radius 3 is 2.52 bits per heavy atom. The molecule has 8 heteroatoms. The molecule has 8 nitrogen and oxygen atoms in total. The fourth-order valence-corrected chi connectivity index (χ4v) is 3.04. The standard InChI is InChI=1S/C21H26N2O6/c1-5-22-17(24)8-7-16(21(27)28-6-2)23-19(25)15-11-14-10-12(3)9-13(4)18(14)29-20(15)26/h9-11,16H,5-8H2,1-4H3,(H,22,24)(H,23,25)/t16-/m0/s1. The zero-order chi connectivity index (χ0) is 21.6. The number of benzene rings is 1. The van der Waals surface area contributed by atoms with Crippen LogP contribution < -0.4 is 16.3 Å². The Morgan fingerprint density at radius 2 is 1.86 bits per heavy atom. The van der Waals surface area contributed by atoms with E-state index in [9.17, 15) is 19.2 Å². The molecule has 1 aromatic heterocycles. The summed E-state index contributed by atoms with van der Waals surface area (Å²) < 4.78 is 10.3. The number of esters is 1. The second-order valence-corrected chi connectivity index (χ2v) is 6.72. The van der Waals surface area contributed by atoms with E-state index in [4.69, 9.17) is 9.15 Å². The molecule has 0 saturated heterocycles. The Hall–Kier alpha value is -3.16. The van der Waals surface area contributed by atoms with E-state index in [0.29, 0.717) is 17.5 Å². The summed E-state index contributed by atoms with van der Waals surface area (Å²) in [6, 6.07) is 4.07. The fraction of sp³-hybridized carbons (Fsp3) is 0.429. The molecule has 1 aromatic carbocycles. The summed E-state index contributed by atoms with van der Waals surface area (Å²) in [6.07, 6.45) is 0.0792. The molecule has 2 aromatic rings. The van der Waals surface area contributed by atoms with Crippen LogP contribution in [0, 0.1) is 13.8 Å². The minimum Gasteiger partial charge on any atom is -0.464 e. The summed E-state index contributed by atoms with van der Waals surface area (Å²) in [5, 5.41) is 5.74. The molecule has 2 rings (SSSR count). The first kappa shape index (κ1) is 22.1. The van der Waals surface area contributed by atoms with Crippen LogP contribution in [0.25, 0.3) is 11.0 Å². The van der Waals surface area contributed by atoms with Crippen molar-refractivity contribution in [3.8, 4) is 0 Å². The van der Waals surface area contributed by atoms with Crippen LogP contribution in [0.2, 0.25) is 0 Å². The molecule has 0 bridgehead atoms. The summed E-state index contributed by atoms with van der Waals surface area (Å²) in [5.74, 6) is -1.66. The molecule has 1 heterocycles. The summed E-state index contributed by atoms with van der Waals surface area (Å²) in [5.41, 5.74) is 1.15. The van der Waals surface area contributed by atoms with Crippen LogP contribution >= 0.6 is 0 Å². The first-order valence-corrected chi connectivity index (χ1v) is 9.56. The van der Waals surface area contributed by atoms with Crippen molar-refractivity contribution in [1.82, 2.24) is 10.6 Å². The molecule has 0 aliphatic carbocycles. The van der Waals surface area contributed by atoms with Gasteiger partial charge in [-0.3, -0.25) is 9.59 Å². The molecule has 0 radical (unpaired) electrons. The van der Waals surface area contributed by atoms with Gasteiger partial charge in [0.05, 0.1) is 6.61 Å². The summed E-state index contributed by atoms with van der Waals surface area (Å²) in [7, 11) is 0. The van der Waals surface area contributed by atoms with Gasteiger partial charge in [-0.1, -0.05) is 11.6 Å². The highest BCUT2D eigenvalue weighted by atomic mass is 16.5. The Kier molecular flexibility index (Phi) is 7.52. The Labute approximate surface area is 168 Å². The average Bonchev–Trinajstić information content (AvgIpc) is 2.65. The van der Waals surface area contributed by atoms with Crippen molar-refractivity contribution in [1.29, 1.82) is 0 Å². The van der Waals surface area contributed by atoms with E-state index in [-0.39, 0.29) is 30.9 Å². The maximum absolute atomic E-state index is 12.7. The Balaban J connectivity index is 2.27. The number of carbonyl (C=O) groups is 3. The lowest BCUT2D eigenvalue weighted by Gasteiger charge is -2.17. The normalized spacial score (nSPS) is 11.7. The number of amides is 2. The minimum atomic E-state index is -1.06. The van der Waals surface area contributed by atoms with E-state index in [1.54, 1.807) is 19.9 Å². The van der Waals surface area contributed by atoms with Crippen molar-refractivity contribution < 1.29 is 23.5 Å². The van der Waals surface area contributed by atoms with E-state index in [2.05, 4.69) is 10.6 Å². The van der Waals surface area contributed by atoms with E-state index >= 15 is 0 Å². The van der Waals surface area contributed by atoms with E-state index in [0.717, 1.165) is 11.1 Å². The predicted octanol–water partition coefficient (Wildman–Crippen LogP) is 1.99. The second kappa shape index (κ2) is 9.86. The molecule has 2 N–H and O–H groups in total. The fourth-order valence-electron chi connectivity index (χ4n) is 3.04. The van der Waals surface area contributed by atoms with Crippen LogP contribution in [-0.2, 0) is 14.3 Å². The third-order valence-electron chi connectivity index (χ3n) is 4.32. The van der Waals surface area contributed by atoms with Crippen LogP contribution in [0.4, 0.5) is 0 Å². The van der Waals surface area contributed by atoms with E-state index in [1.165, 1.54) is 6.07 Å². The first-order valence-electron chi connectivity index (χ1n) is 9.56. The van der Waals surface area contributed by atoms with Crippen LogP contribution in [0.3, 0.4) is 0 Å². The minimum absolute atomic E-state index is 0.0301. The monoisotopic (exact) mass is 402 g/mol. The molecular weight excluding hydrogens is 376 g/mol. The lowest BCUT2D eigenvalue weighted by Crippen LogP contribution is -2.43. The lowest BCUT2D eigenvalue weighted by atomic mass is 10.1. The second-order valence-electron chi connectivity index (χ2n) is 6.72. The van der Waals surface area contributed by atoms with Gasteiger partial charge in [0.25, 0.3) is 5.91 Å². The van der Waals surface area contributed by atoms with Gasteiger partial charge in [-0.15, -0.1) is 0 Å². The van der Waals surface area contributed by atoms with E-state index in [1.807, 2.05) is 19.9 Å². The Bertz CT molecular complexity index is 979. The number of rotatable bonds is 8. The predicted molar refractivity (Wildman–Crippen MR) is 108 cm³/mol. The van der Waals surface area contributed by atoms with Crippen LogP contribution in [0.5, 0.6) is 0 Å². The SMILES string of the molecule is CCNC(=O)CC[C@H](NC(=O)c1cc2cc(C)cc(C)c2oc1=O)C(=O)OCC. The van der Waals surface area contributed by atoms with Gasteiger partial charge in [0.15, 0.2) is 0 Å². The topological polar surface area (TPSA) is 115 Å². The van der Waals surface area contributed by atoms with Gasteiger partial charge in [0.2, 0.25) is 5.91 Å². The maximum atomic E-state index is 12.7. The molecule has 0 spiro atoms. The van der Waals surface area contributed by atoms with Gasteiger partial charge < -0.3 is 19.8 Å². The molecule has 29 heavy (non-hydrogen) atoms. The van der Waals surface area contributed by atoms with Crippen molar-refractivity contribution in [3.05, 3.63) is 45.3 Å². The van der Waals surface area contributed by atoms with Crippen molar-refractivity contribution in [2.75, 3.05) is 13.2 Å². The molecule has 1 atom stereocenters. The number of aryl methyl sites for hydroxylation is 2. The van der Waals surface area contributed by atoms with Crippen LogP contribution in [0.15, 0.2) is 27.4 Å². The molecule has 0 unspecified atom stereocenters. The number of ether oxygens (including phenoxy) is 1. The summed E-state index contributed by atoms with van der Waals surface area (Å²) in [4.78, 5) is 48.9. The summed E-state index contributed by atoms with van der Waals surface area (Å²) >= 11 is 0. The highest BCUT2D eigenvalue weighted by Crippen LogP contribution is 2.20. The summed E-state index contributed by atoms with van der Waals surface area (Å²) in [6.45, 7) is 7.73. The van der Waals surface area contributed by atoms with Crippen molar-refractivity contribution >= 4 is 28.8 Å². The lowest BCUT2D eigenvalue weighted by molar-refractivity contribution is -0.145. The number of fused-ring (bicyclic) bond motifs is 1. The van der Waals surface area contributed by atoms with E-state index < -0.39 is 23.5 Å². The van der Waals surface area contributed by atoms with Gasteiger partial charge in [0.1, 0.15) is 17.2 Å². The average molecular weight is 402 g/mol. The van der Waals surface area contributed by atoms with Gasteiger partial charge in [0, 0.05) is 18.4 Å². The molecule has 0 fully saturated rings. The van der Waals surface area contributed by atoms with Crippen LogP contribution in [0.1, 0.15) is 48.2 Å². The van der Waals surface area contributed by atoms with Crippen molar-refractivity contribution in [2.24, 2.45) is 0 Å². The molecule has 0 aliphatic rings. The number of nitrogens with one attached hydrogen (secondary N) is 2. The third kappa shape index (κ3) is 5.66. The zero-order valence-electron chi connectivity index (χ0n) is 17.1. The quantitative estimate of drug-likeness (QED) is 0.515. The largest absolute Gasteiger partial charge is 0.464 e. The molecule has 0 aliphatic heterocycles. The van der Waals surface area contributed by atoms with Gasteiger partial charge in [-0.05, 0) is 51.8 Å². The van der Waals surface area contributed by atoms with Crippen molar-refractivity contribution in [2.45, 2.75) is 46.6 Å². The smallest absolute Gasteiger partial charge is 0.349 e. The number of carbonyl (C=O) groups excluding carboxylic acids is 3. The van der Waals surface area contributed by atoms with Crippen molar-refractivity contribution in [3.63, 3.8) is 0 Å². The first-order chi connectivity index (χ1) is 13.8. The highest BCUT2D eigenvalue weighted by molar-refractivity contribution is 5.99. The zero-order valence-corrected chi connectivity index (χ0v) is 17.1. The molecule has 2 amide bonds. The maximum Gasteiger partial charge on any atom is 0.349 e. The van der Waals surface area contributed by atoms with Crippen LogP contribution in [-0.4, -0.2) is 37.0 Å². The molecule has 0 saturated carbocycles. The molecule has 156 valence electrons. The van der Waals surface area contributed by atoms with Gasteiger partial charge in [-0.25, -0.2) is 9.59 Å². The number of hydrogen-bond acceptors (Lipinski definition) is 6. The van der Waals surface area contributed by atoms with Gasteiger partial charge in [-0.2, -0.15) is 0 Å². The third-order valence-corrected chi connectivity index (χ3v) is 4.32.